The van der Waals surface area contributed by atoms with Crippen molar-refractivity contribution in [2.45, 2.75) is 31.6 Å². The number of benzene rings is 1. The van der Waals surface area contributed by atoms with E-state index < -0.39 is 0 Å². The van der Waals surface area contributed by atoms with Crippen LogP contribution in [0.4, 0.5) is 0 Å². The van der Waals surface area contributed by atoms with Crippen molar-refractivity contribution in [2.24, 2.45) is 0 Å². The lowest BCUT2D eigenvalue weighted by atomic mass is 10.0. The Hall–Kier alpha value is -2.44. The standard InChI is InChI=1S/C20H24N2O4/c1-24-18-8-3-2-6-15(18)12-20(23)22-17-9-11-25-14-19(17)26-13-16-7-4-5-10-21-16/h2-8,10,17,19H,9,11-14H2,1H3,(H,22,23)/t17-,19-/m1/s1. The number of rotatable bonds is 7. The fourth-order valence-electron chi connectivity index (χ4n) is 3.00. The minimum atomic E-state index is -0.188. The van der Waals surface area contributed by atoms with Gasteiger partial charge in [0.2, 0.25) is 5.91 Å². The maximum atomic E-state index is 12.5. The van der Waals surface area contributed by atoms with Crippen LogP contribution in [0.1, 0.15) is 17.7 Å². The first-order valence-electron chi connectivity index (χ1n) is 8.77. The van der Waals surface area contributed by atoms with Crippen molar-refractivity contribution in [3.05, 3.63) is 59.9 Å². The van der Waals surface area contributed by atoms with E-state index in [1.165, 1.54) is 0 Å². The molecule has 1 aliphatic rings. The van der Waals surface area contributed by atoms with Crippen LogP contribution in [-0.4, -0.2) is 43.4 Å². The number of hydrogen-bond acceptors (Lipinski definition) is 5. The van der Waals surface area contributed by atoms with E-state index in [0.717, 1.165) is 23.4 Å². The topological polar surface area (TPSA) is 69.7 Å². The van der Waals surface area contributed by atoms with Gasteiger partial charge in [0.15, 0.2) is 0 Å². The number of amides is 1. The Kier molecular flexibility index (Phi) is 6.57. The molecule has 1 aromatic heterocycles. The second-order valence-corrected chi connectivity index (χ2v) is 6.20. The molecule has 3 rings (SSSR count). The number of aromatic nitrogens is 1. The van der Waals surface area contributed by atoms with Gasteiger partial charge in [0.1, 0.15) is 11.9 Å². The molecule has 1 saturated heterocycles. The van der Waals surface area contributed by atoms with Crippen molar-refractivity contribution in [1.82, 2.24) is 10.3 Å². The molecule has 2 atom stereocenters. The van der Waals surface area contributed by atoms with Crippen molar-refractivity contribution in [2.75, 3.05) is 20.3 Å². The molecule has 6 nitrogen and oxygen atoms in total. The highest BCUT2D eigenvalue weighted by Gasteiger charge is 2.28. The lowest BCUT2D eigenvalue weighted by Gasteiger charge is -2.32. The maximum Gasteiger partial charge on any atom is 0.224 e. The van der Waals surface area contributed by atoms with Crippen LogP contribution in [-0.2, 0) is 27.3 Å². The van der Waals surface area contributed by atoms with Gasteiger partial charge < -0.3 is 19.5 Å². The van der Waals surface area contributed by atoms with Crippen molar-refractivity contribution in [1.29, 1.82) is 0 Å². The summed E-state index contributed by atoms with van der Waals surface area (Å²) in [5.74, 6) is 0.672. The van der Waals surface area contributed by atoms with Crippen LogP contribution in [0, 0.1) is 0 Å². The molecule has 0 radical (unpaired) electrons. The van der Waals surface area contributed by atoms with Gasteiger partial charge >= 0.3 is 0 Å². The van der Waals surface area contributed by atoms with E-state index in [2.05, 4.69) is 10.3 Å². The fourth-order valence-corrected chi connectivity index (χ4v) is 3.00. The largest absolute Gasteiger partial charge is 0.496 e. The summed E-state index contributed by atoms with van der Waals surface area (Å²) in [7, 11) is 1.61. The van der Waals surface area contributed by atoms with Gasteiger partial charge in [-0.2, -0.15) is 0 Å². The van der Waals surface area contributed by atoms with E-state index in [9.17, 15) is 4.79 Å². The molecule has 1 N–H and O–H groups in total. The lowest BCUT2D eigenvalue weighted by Crippen LogP contribution is -2.50. The van der Waals surface area contributed by atoms with Gasteiger partial charge in [-0.15, -0.1) is 0 Å². The molecule has 138 valence electrons. The predicted octanol–water partition coefficient (Wildman–Crippen LogP) is 2.12. The number of hydrogen-bond donors (Lipinski definition) is 1. The van der Waals surface area contributed by atoms with Crippen LogP contribution >= 0.6 is 0 Å². The summed E-state index contributed by atoms with van der Waals surface area (Å²) in [6, 6.07) is 13.2. The average molecular weight is 356 g/mol. The van der Waals surface area contributed by atoms with Crippen molar-refractivity contribution in [3.8, 4) is 5.75 Å². The number of methoxy groups -OCH3 is 1. The first-order chi connectivity index (χ1) is 12.8. The molecule has 0 spiro atoms. The second kappa shape index (κ2) is 9.31. The van der Waals surface area contributed by atoms with Crippen LogP contribution in [0.25, 0.3) is 0 Å². The molecular formula is C20H24N2O4. The average Bonchev–Trinajstić information content (AvgIpc) is 2.68. The Labute approximate surface area is 153 Å². The van der Waals surface area contributed by atoms with Gasteiger partial charge in [0.05, 0.1) is 38.5 Å². The minimum Gasteiger partial charge on any atom is -0.496 e. The van der Waals surface area contributed by atoms with Crippen LogP contribution in [0.15, 0.2) is 48.7 Å². The highest BCUT2D eigenvalue weighted by Crippen LogP contribution is 2.18. The normalized spacial score (nSPS) is 19.7. The van der Waals surface area contributed by atoms with E-state index in [0.29, 0.717) is 19.8 Å². The third-order valence-corrected chi connectivity index (χ3v) is 4.37. The van der Waals surface area contributed by atoms with Gasteiger partial charge in [-0.05, 0) is 24.6 Å². The Balaban J connectivity index is 1.56. The Bertz CT molecular complexity index is 708. The quantitative estimate of drug-likeness (QED) is 0.823. The molecule has 1 aliphatic heterocycles. The van der Waals surface area contributed by atoms with Crippen LogP contribution in [0.3, 0.4) is 0 Å². The van der Waals surface area contributed by atoms with E-state index >= 15 is 0 Å². The molecule has 1 amide bonds. The third kappa shape index (κ3) is 5.03. The molecule has 2 heterocycles. The van der Waals surface area contributed by atoms with Crippen LogP contribution < -0.4 is 10.1 Å². The van der Waals surface area contributed by atoms with Gasteiger partial charge in [-0.3, -0.25) is 9.78 Å². The van der Waals surface area contributed by atoms with E-state index in [1.54, 1.807) is 13.3 Å². The number of ether oxygens (including phenoxy) is 3. The summed E-state index contributed by atoms with van der Waals surface area (Å²) >= 11 is 0. The number of carbonyl (C=O) groups excluding carboxylic acids is 1. The zero-order valence-corrected chi connectivity index (χ0v) is 14.9. The number of para-hydroxylation sites is 1. The number of pyridine rings is 1. The molecule has 0 unspecified atom stereocenters. The van der Waals surface area contributed by atoms with E-state index in [-0.39, 0.29) is 24.5 Å². The molecule has 26 heavy (non-hydrogen) atoms. The van der Waals surface area contributed by atoms with Crippen LogP contribution in [0.5, 0.6) is 5.75 Å². The number of nitrogens with zero attached hydrogens (tertiary/aromatic N) is 1. The Morgan fingerprint density at radius 3 is 2.92 bits per heavy atom. The lowest BCUT2D eigenvalue weighted by molar-refractivity contribution is -0.126. The minimum absolute atomic E-state index is 0.0483. The Morgan fingerprint density at radius 2 is 2.12 bits per heavy atom. The van der Waals surface area contributed by atoms with Gasteiger partial charge in [-0.25, -0.2) is 0 Å². The van der Waals surface area contributed by atoms with Crippen LogP contribution in [0.2, 0.25) is 0 Å². The molecular weight excluding hydrogens is 332 g/mol. The first kappa shape index (κ1) is 18.4. The molecule has 2 aromatic rings. The Morgan fingerprint density at radius 1 is 1.27 bits per heavy atom. The highest BCUT2D eigenvalue weighted by atomic mass is 16.5. The highest BCUT2D eigenvalue weighted by molar-refractivity contribution is 5.79. The summed E-state index contributed by atoms with van der Waals surface area (Å²) < 4.78 is 16.8. The molecule has 6 heteroatoms. The van der Waals surface area contributed by atoms with E-state index in [4.69, 9.17) is 14.2 Å². The van der Waals surface area contributed by atoms with E-state index in [1.807, 2.05) is 42.5 Å². The summed E-state index contributed by atoms with van der Waals surface area (Å²) in [6.07, 6.45) is 2.55. The molecule has 1 fully saturated rings. The van der Waals surface area contributed by atoms with Crippen molar-refractivity contribution >= 4 is 5.91 Å². The summed E-state index contributed by atoms with van der Waals surface area (Å²) in [6.45, 7) is 1.48. The van der Waals surface area contributed by atoms with Gasteiger partial charge in [0, 0.05) is 18.4 Å². The fraction of sp³-hybridized carbons (Fsp3) is 0.400. The molecule has 0 bridgehead atoms. The third-order valence-electron chi connectivity index (χ3n) is 4.37. The summed E-state index contributed by atoms with van der Waals surface area (Å²) in [4.78, 5) is 16.8. The second-order valence-electron chi connectivity index (χ2n) is 6.20. The molecule has 0 saturated carbocycles. The zero-order chi connectivity index (χ0) is 18.2. The monoisotopic (exact) mass is 356 g/mol. The van der Waals surface area contributed by atoms with Gasteiger partial charge in [0.25, 0.3) is 0 Å². The summed E-state index contributed by atoms with van der Waals surface area (Å²) in [5.41, 5.74) is 1.72. The first-order valence-corrected chi connectivity index (χ1v) is 8.77. The molecule has 0 aliphatic carbocycles. The summed E-state index contributed by atoms with van der Waals surface area (Å²) in [5, 5.41) is 3.09. The number of carbonyl (C=O) groups is 1. The smallest absolute Gasteiger partial charge is 0.224 e. The molecule has 1 aromatic carbocycles. The SMILES string of the molecule is COc1ccccc1CC(=O)N[C@@H]1CCOC[C@H]1OCc1ccccn1. The van der Waals surface area contributed by atoms with Crippen molar-refractivity contribution in [3.63, 3.8) is 0 Å². The number of nitrogens with one attached hydrogen (secondary N) is 1. The van der Waals surface area contributed by atoms with Crippen molar-refractivity contribution < 1.29 is 19.0 Å². The zero-order valence-electron chi connectivity index (χ0n) is 14.9. The predicted molar refractivity (Wildman–Crippen MR) is 96.9 cm³/mol. The van der Waals surface area contributed by atoms with Gasteiger partial charge in [-0.1, -0.05) is 24.3 Å². The maximum absolute atomic E-state index is 12.5.